The zero-order valence-corrected chi connectivity index (χ0v) is 13.9. The molecule has 0 bridgehead atoms. The summed E-state index contributed by atoms with van der Waals surface area (Å²) in [6.07, 6.45) is 11.9. The van der Waals surface area contributed by atoms with Crippen molar-refractivity contribution in [3.8, 4) is 0 Å². The van der Waals surface area contributed by atoms with Crippen molar-refractivity contribution in [2.75, 3.05) is 12.4 Å². The molecule has 2 saturated carbocycles. The first-order valence-corrected chi connectivity index (χ1v) is 8.84. The lowest BCUT2D eigenvalue weighted by molar-refractivity contribution is 0.441. The van der Waals surface area contributed by atoms with Gasteiger partial charge in [0.05, 0.1) is 10.2 Å². The third-order valence-electron chi connectivity index (χ3n) is 4.57. The van der Waals surface area contributed by atoms with E-state index in [4.69, 9.17) is 9.97 Å². The van der Waals surface area contributed by atoms with Crippen LogP contribution >= 0.6 is 15.9 Å². The molecule has 4 heteroatoms. The van der Waals surface area contributed by atoms with Gasteiger partial charge in [0.2, 0.25) is 0 Å². The smallest absolute Gasteiger partial charge is 0.144 e. The monoisotopic (exact) mass is 337 g/mol. The van der Waals surface area contributed by atoms with Crippen LogP contribution in [0.2, 0.25) is 0 Å². The topological polar surface area (TPSA) is 37.8 Å². The van der Waals surface area contributed by atoms with E-state index < -0.39 is 0 Å². The second kappa shape index (κ2) is 6.42. The molecule has 0 aromatic carbocycles. The van der Waals surface area contributed by atoms with Crippen LogP contribution in [0, 0.1) is 0 Å². The van der Waals surface area contributed by atoms with Crippen LogP contribution in [0.4, 0.5) is 5.82 Å². The van der Waals surface area contributed by atoms with E-state index in [9.17, 15) is 0 Å². The van der Waals surface area contributed by atoms with Crippen LogP contribution in [0.15, 0.2) is 4.47 Å². The normalized spacial score (nSPS) is 21.3. The van der Waals surface area contributed by atoms with Crippen molar-refractivity contribution in [2.24, 2.45) is 0 Å². The zero-order valence-electron chi connectivity index (χ0n) is 12.3. The molecule has 3 nitrogen and oxygen atoms in total. The second-order valence-electron chi connectivity index (χ2n) is 6.20. The van der Waals surface area contributed by atoms with Crippen LogP contribution in [0.5, 0.6) is 0 Å². The van der Waals surface area contributed by atoms with Gasteiger partial charge in [0.15, 0.2) is 0 Å². The summed E-state index contributed by atoms with van der Waals surface area (Å²) in [4.78, 5) is 9.73. The molecule has 2 aliphatic rings. The SMILES string of the molecule is CNc1nc(C2CCCCCCC2)nc(C2CC2)c1Br. The highest BCUT2D eigenvalue weighted by atomic mass is 79.9. The summed E-state index contributed by atoms with van der Waals surface area (Å²) in [7, 11) is 1.95. The molecule has 1 aromatic rings. The summed E-state index contributed by atoms with van der Waals surface area (Å²) < 4.78 is 1.08. The van der Waals surface area contributed by atoms with Crippen molar-refractivity contribution >= 4 is 21.7 Å². The molecule has 0 atom stereocenters. The molecule has 0 saturated heterocycles. The Balaban J connectivity index is 1.88. The maximum absolute atomic E-state index is 4.94. The van der Waals surface area contributed by atoms with Crippen LogP contribution < -0.4 is 5.32 Å². The predicted molar refractivity (Wildman–Crippen MR) is 86.3 cm³/mol. The number of aromatic nitrogens is 2. The van der Waals surface area contributed by atoms with E-state index in [2.05, 4.69) is 21.2 Å². The Labute approximate surface area is 130 Å². The number of halogens is 1. The van der Waals surface area contributed by atoms with Crippen LogP contribution in [0.25, 0.3) is 0 Å². The van der Waals surface area contributed by atoms with Crippen LogP contribution in [-0.2, 0) is 0 Å². The summed E-state index contributed by atoms with van der Waals surface area (Å²) >= 11 is 3.68. The third kappa shape index (κ3) is 3.16. The van der Waals surface area contributed by atoms with Crippen molar-refractivity contribution in [3.05, 3.63) is 16.0 Å². The number of rotatable bonds is 3. The highest BCUT2D eigenvalue weighted by Crippen LogP contribution is 2.44. The Bertz CT molecular complexity index is 463. The molecule has 1 aromatic heterocycles. The second-order valence-corrected chi connectivity index (χ2v) is 6.99. The number of hydrogen-bond acceptors (Lipinski definition) is 3. The summed E-state index contributed by atoms with van der Waals surface area (Å²) in [5.41, 5.74) is 1.24. The Hall–Kier alpha value is -0.640. The van der Waals surface area contributed by atoms with Gasteiger partial charge in [0.1, 0.15) is 11.6 Å². The van der Waals surface area contributed by atoms with E-state index in [-0.39, 0.29) is 0 Å². The summed E-state index contributed by atoms with van der Waals surface area (Å²) in [6.45, 7) is 0. The Morgan fingerprint density at radius 2 is 1.55 bits per heavy atom. The molecule has 0 unspecified atom stereocenters. The molecule has 0 aliphatic heterocycles. The van der Waals surface area contributed by atoms with Gasteiger partial charge in [-0.25, -0.2) is 9.97 Å². The maximum Gasteiger partial charge on any atom is 0.144 e. The summed E-state index contributed by atoms with van der Waals surface area (Å²) in [5.74, 6) is 3.28. The number of anilines is 1. The molecule has 110 valence electrons. The third-order valence-corrected chi connectivity index (χ3v) is 5.35. The number of hydrogen-bond donors (Lipinski definition) is 1. The first-order valence-electron chi connectivity index (χ1n) is 8.04. The number of nitrogens with zero attached hydrogens (tertiary/aromatic N) is 2. The van der Waals surface area contributed by atoms with E-state index in [1.54, 1.807) is 0 Å². The van der Waals surface area contributed by atoms with Gasteiger partial charge in [-0.3, -0.25) is 0 Å². The van der Waals surface area contributed by atoms with E-state index in [1.165, 1.54) is 63.5 Å². The van der Waals surface area contributed by atoms with Crippen LogP contribution in [0.3, 0.4) is 0 Å². The fraction of sp³-hybridized carbons (Fsp3) is 0.750. The van der Waals surface area contributed by atoms with Crippen molar-refractivity contribution in [2.45, 2.75) is 69.6 Å². The molecule has 1 heterocycles. The highest BCUT2D eigenvalue weighted by molar-refractivity contribution is 9.10. The lowest BCUT2D eigenvalue weighted by Crippen LogP contribution is -2.11. The van der Waals surface area contributed by atoms with E-state index in [1.807, 2.05) is 7.05 Å². The van der Waals surface area contributed by atoms with Gasteiger partial charge < -0.3 is 5.32 Å². The quantitative estimate of drug-likeness (QED) is 0.844. The molecule has 0 spiro atoms. The molecular formula is C16H24BrN3. The lowest BCUT2D eigenvalue weighted by Gasteiger charge is -2.20. The molecule has 2 fully saturated rings. The first kappa shape index (κ1) is 14.3. The van der Waals surface area contributed by atoms with Gasteiger partial charge in [0, 0.05) is 18.9 Å². The molecule has 3 rings (SSSR count). The fourth-order valence-electron chi connectivity index (χ4n) is 3.17. The van der Waals surface area contributed by atoms with E-state index in [0.29, 0.717) is 11.8 Å². The highest BCUT2D eigenvalue weighted by Gasteiger charge is 2.30. The molecule has 1 N–H and O–H groups in total. The molecule has 20 heavy (non-hydrogen) atoms. The minimum Gasteiger partial charge on any atom is -0.372 e. The van der Waals surface area contributed by atoms with Gasteiger partial charge >= 0.3 is 0 Å². The average molecular weight is 338 g/mol. The fourth-order valence-corrected chi connectivity index (χ4v) is 3.87. The summed E-state index contributed by atoms with van der Waals surface area (Å²) in [5, 5.41) is 3.23. The summed E-state index contributed by atoms with van der Waals surface area (Å²) in [6, 6.07) is 0. The maximum atomic E-state index is 4.94. The largest absolute Gasteiger partial charge is 0.372 e. The van der Waals surface area contributed by atoms with E-state index in [0.717, 1.165) is 16.1 Å². The van der Waals surface area contributed by atoms with E-state index >= 15 is 0 Å². The predicted octanol–water partition coefficient (Wildman–Crippen LogP) is 4.99. The van der Waals surface area contributed by atoms with Crippen LogP contribution in [-0.4, -0.2) is 17.0 Å². The van der Waals surface area contributed by atoms with Crippen molar-refractivity contribution in [1.82, 2.24) is 9.97 Å². The zero-order chi connectivity index (χ0) is 13.9. The first-order chi connectivity index (χ1) is 9.79. The molecule has 0 radical (unpaired) electrons. The van der Waals surface area contributed by atoms with Gasteiger partial charge in [-0.2, -0.15) is 0 Å². The number of nitrogens with one attached hydrogen (secondary N) is 1. The minimum atomic E-state index is 0.563. The van der Waals surface area contributed by atoms with Crippen molar-refractivity contribution in [1.29, 1.82) is 0 Å². The minimum absolute atomic E-state index is 0.563. The molecule has 2 aliphatic carbocycles. The molecular weight excluding hydrogens is 314 g/mol. The van der Waals surface area contributed by atoms with Crippen molar-refractivity contribution in [3.63, 3.8) is 0 Å². The Morgan fingerprint density at radius 1 is 0.900 bits per heavy atom. The van der Waals surface area contributed by atoms with Gasteiger partial charge in [-0.15, -0.1) is 0 Å². The Morgan fingerprint density at radius 3 is 2.15 bits per heavy atom. The van der Waals surface area contributed by atoms with Gasteiger partial charge in [-0.1, -0.05) is 32.1 Å². The molecule has 0 amide bonds. The standard InChI is InChI=1S/C16H24BrN3/c1-18-16-13(17)14(11-9-10-11)19-15(20-16)12-7-5-3-2-4-6-8-12/h11-12H,2-10H2,1H3,(H,18,19,20). The lowest BCUT2D eigenvalue weighted by atomic mass is 9.90. The van der Waals surface area contributed by atoms with Gasteiger partial charge in [-0.05, 0) is 41.6 Å². The van der Waals surface area contributed by atoms with Gasteiger partial charge in [0.25, 0.3) is 0 Å². The van der Waals surface area contributed by atoms with Crippen molar-refractivity contribution < 1.29 is 0 Å². The Kier molecular flexibility index (Phi) is 4.59. The average Bonchev–Trinajstić information content (AvgIpc) is 3.23. The van der Waals surface area contributed by atoms with Crippen LogP contribution in [0.1, 0.15) is 81.1 Å².